The second kappa shape index (κ2) is 6.50. The Morgan fingerprint density at radius 2 is 2.24 bits per heavy atom. The highest BCUT2D eigenvalue weighted by Gasteiger charge is 2.31. The number of halogens is 1. The van der Waals surface area contributed by atoms with E-state index >= 15 is 0 Å². The van der Waals surface area contributed by atoms with Crippen LogP contribution in [0.5, 0.6) is 0 Å². The minimum Gasteiger partial charge on any atom is -0.364 e. The van der Waals surface area contributed by atoms with Crippen molar-refractivity contribution in [3.05, 3.63) is 35.4 Å². The molecule has 1 atom stereocenters. The molecule has 1 heterocycles. The van der Waals surface area contributed by atoms with Gasteiger partial charge in [-0.15, -0.1) is 6.58 Å². The summed E-state index contributed by atoms with van der Waals surface area (Å²) in [5.74, 6) is -0.0279. The fourth-order valence-corrected chi connectivity index (χ4v) is 2.90. The van der Waals surface area contributed by atoms with Crippen LogP contribution in [0.15, 0.2) is 24.8 Å². The molecule has 1 aromatic carbocycles. The number of rotatable bonds is 6. The van der Waals surface area contributed by atoms with E-state index in [9.17, 15) is 4.79 Å². The normalized spacial score (nSPS) is 16.8. The summed E-state index contributed by atoms with van der Waals surface area (Å²) in [5, 5.41) is 6.75. The Labute approximate surface area is 131 Å². The lowest BCUT2D eigenvalue weighted by Crippen LogP contribution is -2.31. The molecule has 0 saturated carbocycles. The van der Waals surface area contributed by atoms with Gasteiger partial charge < -0.3 is 15.5 Å². The van der Waals surface area contributed by atoms with Crippen LogP contribution in [0.4, 0.5) is 11.4 Å². The van der Waals surface area contributed by atoms with Gasteiger partial charge in [0, 0.05) is 23.8 Å². The molecular weight excluding hydrogens is 286 g/mol. The molecule has 1 amide bonds. The van der Waals surface area contributed by atoms with Crippen LogP contribution in [0.1, 0.15) is 32.4 Å². The van der Waals surface area contributed by atoms with Crippen LogP contribution in [-0.2, 0) is 4.79 Å². The molecule has 0 spiro atoms. The summed E-state index contributed by atoms with van der Waals surface area (Å²) >= 11 is 6.45. The summed E-state index contributed by atoms with van der Waals surface area (Å²) in [6.07, 6.45) is 1.85. The number of carbonyl (C=O) groups is 1. The van der Waals surface area contributed by atoms with Crippen molar-refractivity contribution in [1.29, 1.82) is 0 Å². The molecule has 1 aliphatic heterocycles. The molecule has 114 valence electrons. The number of nitrogens with zero attached hydrogens (tertiary/aromatic N) is 1. The second-order valence-corrected chi connectivity index (χ2v) is 5.81. The van der Waals surface area contributed by atoms with E-state index in [1.54, 1.807) is 0 Å². The molecule has 1 aliphatic rings. The number of nitrogens with one attached hydrogen (secondary N) is 2. The van der Waals surface area contributed by atoms with E-state index in [-0.39, 0.29) is 11.9 Å². The lowest BCUT2D eigenvalue weighted by molar-refractivity contribution is -0.117. The van der Waals surface area contributed by atoms with Gasteiger partial charge in [0.05, 0.1) is 10.7 Å². The van der Waals surface area contributed by atoms with Crippen molar-refractivity contribution in [1.82, 2.24) is 5.32 Å². The SMILES string of the molecule is C=CCN(c1cc2c(cc1Cl)C(NCC)C(=O)N2)C(C)C. The van der Waals surface area contributed by atoms with Crippen molar-refractivity contribution >= 4 is 28.9 Å². The van der Waals surface area contributed by atoms with E-state index in [0.29, 0.717) is 17.6 Å². The first-order valence-electron chi connectivity index (χ1n) is 7.24. The first-order chi connectivity index (χ1) is 9.99. The second-order valence-electron chi connectivity index (χ2n) is 5.41. The van der Waals surface area contributed by atoms with Gasteiger partial charge in [-0.1, -0.05) is 24.6 Å². The monoisotopic (exact) mass is 307 g/mol. The molecule has 0 aromatic heterocycles. The third-order valence-electron chi connectivity index (χ3n) is 3.62. The summed E-state index contributed by atoms with van der Waals surface area (Å²) in [4.78, 5) is 14.2. The molecule has 0 radical (unpaired) electrons. The number of hydrogen-bond acceptors (Lipinski definition) is 3. The van der Waals surface area contributed by atoms with Crippen LogP contribution in [0, 0.1) is 0 Å². The number of anilines is 2. The van der Waals surface area contributed by atoms with Crippen molar-refractivity contribution in [3.63, 3.8) is 0 Å². The Balaban J connectivity index is 2.42. The molecular formula is C16H22ClN3O. The maximum absolute atomic E-state index is 12.0. The zero-order valence-electron chi connectivity index (χ0n) is 12.7. The van der Waals surface area contributed by atoms with E-state index in [2.05, 4.69) is 36.0 Å². The van der Waals surface area contributed by atoms with Crippen molar-refractivity contribution in [2.75, 3.05) is 23.3 Å². The van der Waals surface area contributed by atoms with Gasteiger partial charge in [-0.05, 0) is 32.5 Å². The third-order valence-corrected chi connectivity index (χ3v) is 3.92. The molecule has 1 unspecified atom stereocenters. The molecule has 0 fully saturated rings. The number of carbonyl (C=O) groups excluding carboxylic acids is 1. The molecule has 2 rings (SSSR count). The van der Waals surface area contributed by atoms with Gasteiger partial charge in [0.1, 0.15) is 6.04 Å². The quantitative estimate of drug-likeness (QED) is 0.792. The molecule has 4 nitrogen and oxygen atoms in total. The number of amides is 1. The largest absolute Gasteiger partial charge is 0.364 e. The molecule has 2 N–H and O–H groups in total. The van der Waals surface area contributed by atoms with E-state index in [4.69, 9.17) is 11.6 Å². The molecule has 1 aromatic rings. The van der Waals surface area contributed by atoms with E-state index < -0.39 is 0 Å². The molecule has 0 bridgehead atoms. The Bertz CT molecular complexity index is 557. The van der Waals surface area contributed by atoms with Crippen molar-refractivity contribution < 1.29 is 4.79 Å². The fourth-order valence-electron chi connectivity index (χ4n) is 2.62. The highest BCUT2D eigenvalue weighted by molar-refractivity contribution is 6.33. The van der Waals surface area contributed by atoms with Crippen LogP contribution in [-0.4, -0.2) is 25.0 Å². The number of likely N-dealkylation sites (N-methyl/N-ethyl adjacent to an activating group) is 1. The van der Waals surface area contributed by atoms with Gasteiger partial charge in [-0.2, -0.15) is 0 Å². The average molecular weight is 308 g/mol. The maximum Gasteiger partial charge on any atom is 0.246 e. The topological polar surface area (TPSA) is 44.4 Å². The summed E-state index contributed by atoms with van der Waals surface area (Å²) in [5.41, 5.74) is 2.67. The first-order valence-corrected chi connectivity index (χ1v) is 7.62. The van der Waals surface area contributed by atoms with Crippen LogP contribution in [0.2, 0.25) is 5.02 Å². The molecule has 21 heavy (non-hydrogen) atoms. The molecule has 5 heteroatoms. The Morgan fingerprint density at radius 1 is 1.52 bits per heavy atom. The number of fused-ring (bicyclic) bond motifs is 1. The summed E-state index contributed by atoms with van der Waals surface area (Å²) in [7, 11) is 0. The van der Waals surface area contributed by atoms with Crippen LogP contribution in [0.25, 0.3) is 0 Å². The van der Waals surface area contributed by atoms with E-state index in [1.165, 1.54) is 0 Å². The average Bonchev–Trinajstić information content (AvgIpc) is 2.72. The predicted molar refractivity (Wildman–Crippen MR) is 89.2 cm³/mol. The maximum atomic E-state index is 12.0. The van der Waals surface area contributed by atoms with Crippen LogP contribution >= 0.6 is 11.6 Å². The summed E-state index contributed by atoms with van der Waals surface area (Å²) in [6, 6.07) is 3.82. The van der Waals surface area contributed by atoms with Gasteiger partial charge in [0.2, 0.25) is 5.91 Å². The summed E-state index contributed by atoms with van der Waals surface area (Å²) in [6.45, 7) is 11.4. The highest BCUT2D eigenvalue weighted by Crippen LogP contribution is 2.39. The zero-order chi connectivity index (χ0) is 15.6. The van der Waals surface area contributed by atoms with E-state index in [0.717, 1.165) is 23.5 Å². The van der Waals surface area contributed by atoms with Crippen molar-refractivity contribution in [2.24, 2.45) is 0 Å². The first kappa shape index (κ1) is 15.9. The minimum atomic E-state index is -0.316. The van der Waals surface area contributed by atoms with Crippen molar-refractivity contribution in [3.8, 4) is 0 Å². The Kier molecular flexibility index (Phi) is 4.91. The molecule has 0 aliphatic carbocycles. The third kappa shape index (κ3) is 3.06. The zero-order valence-corrected chi connectivity index (χ0v) is 13.5. The fraction of sp³-hybridized carbons (Fsp3) is 0.438. The Hall–Kier alpha value is -1.52. The number of hydrogen-bond donors (Lipinski definition) is 2. The standard InChI is InChI=1S/C16H22ClN3O/c1-5-7-20(10(3)4)14-9-13-11(8-12(14)17)15(18-6-2)16(21)19-13/h5,8-10,15,18H,1,6-7H2,2-4H3,(H,19,21). The minimum absolute atomic E-state index is 0.0279. The lowest BCUT2D eigenvalue weighted by Gasteiger charge is -2.29. The van der Waals surface area contributed by atoms with Gasteiger partial charge in [0.15, 0.2) is 0 Å². The van der Waals surface area contributed by atoms with Gasteiger partial charge in [-0.25, -0.2) is 0 Å². The Morgan fingerprint density at radius 3 is 2.81 bits per heavy atom. The molecule has 0 saturated heterocycles. The van der Waals surface area contributed by atoms with Crippen LogP contribution < -0.4 is 15.5 Å². The summed E-state index contributed by atoms with van der Waals surface area (Å²) < 4.78 is 0. The van der Waals surface area contributed by atoms with Gasteiger partial charge >= 0.3 is 0 Å². The van der Waals surface area contributed by atoms with Gasteiger partial charge in [0.25, 0.3) is 0 Å². The lowest BCUT2D eigenvalue weighted by atomic mass is 10.1. The van der Waals surface area contributed by atoms with Gasteiger partial charge in [-0.3, -0.25) is 4.79 Å². The van der Waals surface area contributed by atoms with Crippen molar-refractivity contribution in [2.45, 2.75) is 32.9 Å². The van der Waals surface area contributed by atoms with Crippen LogP contribution in [0.3, 0.4) is 0 Å². The smallest absolute Gasteiger partial charge is 0.246 e. The predicted octanol–water partition coefficient (Wildman–Crippen LogP) is 3.34. The number of benzene rings is 1. The van der Waals surface area contributed by atoms with E-state index in [1.807, 2.05) is 25.1 Å². The highest BCUT2D eigenvalue weighted by atomic mass is 35.5.